The topological polar surface area (TPSA) is 41.6 Å². The van der Waals surface area contributed by atoms with Crippen LogP contribution in [0.1, 0.15) is 30.5 Å². The SMILES string of the molecule is CCN(CC)c1ccc(NC(=O)COc2cc(C)cc(C)c2)c(C)c1. The van der Waals surface area contributed by atoms with Gasteiger partial charge in [0.05, 0.1) is 0 Å². The molecule has 0 aliphatic heterocycles. The highest BCUT2D eigenvalue weighted by atomic mass is 16.5. The minimum atomic E-state index is -0.155. The predicted molar refractivity (Wildman–Crippen MR) is 105 cm³/mol. The van der Waals surface area contributed by atoms with Crippen molar-refractivity contribution in [2.75, 3.05) is 29.9 Å². The lowest BCUT2D eigenvalue weighted by Crippen LogP contribution is -2.23. The smallest absolute Gasteiger partial charge is 0.262 e. The largest absolute Gasteiger partial charge is 0.484 e. The fourth-order valence-electron chi connectivity index (χ4n) is 2.92. The van der Waals surface area contributed by atoms with E-state index < -0.39 is 0 Å². The molecule has 2 aromatic rings. The molecule has 1 amide bonds. The first kappa shape index (κ1) is 18.8. The summed E-state index contributed by atoms with van der Waals surface area (Å²) in [5.74, 6) is 0.569. The Hall–Kier alpha value is -2.49. The number of benzene rings is 2. The van der Waals surface area contributed by atoms with Gasteiger partial charge in [0.1, 0.15) is 5.75 Å². The second kappa shape index (κ2) is 8.56. The van der Waals surface area contributed by atoms with Crippen molar-refractivity contribution in [3.05, 3.63) is 53.1 Å². The van der Waals surface area contributed by atoms with Crippen LogP contribution >= 0.6 is 0 Å². The van der Waals surface area contributed by atoms with Crippen molar-refractivity contribution in [2.45, 2.75) is 34.6 Å². The van der Waals surface area contributed by atoms with Crippen LogP contribution in [0.5, 0.6) is 5.75 Å². The molecule has 0 heterocycles. The number of rotatable bonds is 7. The third-order valence-electron chi connectivity index (χ3n) is 4.18. The molecule has 0 aliphatic rings. The number of hydrogen-bond acceptors (Lipinski definition) is 3. The van der Waals surface area contributed by atoms with Gasteiger partial charge in [0.25, 0.3) is 5.91 Å². The minimum absolute atomic E-state index is 0.000129. The van der Waals surface area contributed by atoms with Gasteiger partial charge >= 0.3 is 0 Å². The number of ether oxygens (including phenoxy) is 1. The second-order valence-electron chi connectivity index (χ2n) is 6.33. The Balaban J connectivity index is 1.98. The number of hydrogen-bond donors (Lipinski definition) is 1. The molecule has 2 rings (SSSR count). The summed E-state index contributed by atoms with van der Waals surface area (Å²) in [5, 5.41) is 2.93. The molecule has 1 N–H and O–H groups in total. The summed E-state index contributed by atoms with van der Waals surface area (Å²) in [4.78, 5) is 14.5. The molecular formula is C21H28N2O2. The van der Waals surface area contributed by atoms with E-state index >= 15 is 0 Å². The maximum absolute atomic E-state index is 12.2. The van der Waals surface area contributed by atoms with Crippen LogP contribution in [0.3, 0.4) is 0 Å². The lowest BCUT2D eigenvalue weighted by molar-refractivity contribution is -0.118. The van der Waals surface area contributed by atoms with E-state index in [0.29, 0.717) is 0 Å². The first-order valence-corrected chi connectivity index (χ1v) is 8.79. The number of carbonyl (C=O) groups is 1. The van der Waals surface area contributed by atoms with Crippen LogP contribution in [0.15, 0.2) is 36.4 Å². The summed E-state index contributed by atoms with van der Waals surface area (Å²) in [5.41, 5.74) is 5.29. The molecule has 2 aromatic carbocycles. The molecule has 25 heavy (non-hydrogen) atoms. The molecule has 0 saturated carbocycles. The van der Waals surface area contributed by atoms with Crippen LogP contribution in [-0.2, 0) is 4.79 Å². The van der Waals surface area contributed by atoms with E-state index in [0.717, 1.165) is 41.2 Å². The fourth-order valence-corrected chi connectivity index (χ4v) is 2.92. The van der Waals surface area contributed by atoms with E-state index in [4.69, 9.17) is 4.74 Å². The first-order valence-electron chi connectivity index (χ1n) is 8.79. The monoisotopic (exact) mass is 340 g/mol. The molecule has 0 atom stereocenters. The first-order chi connectivity index (χ1) is 11.9. The second-order valence-corrected chi connectivity index (χ2v) is 6.33. The molecule has 0 radical (unpaired) electrons. The maximum atomic E-state index is 12.2. The number of amides is 1. The zero-order valence-corrected chi connectivity index (χ0v) is 15.8. The van der Waals surface area contributed by atoms with Gasteiger partial charge in [-0.05, 0) is 81.6 Å². The minimum Gasteiger partial charge on any atom is -0.484 e. The standard InChI is InChI=1S/C21H28N2O2/c1-6-23(7-2)18-8-9-20(17(5)13-18)22-21(24)14-25-19-11-15(3)10-16(4)12-19/h8-13H,6-7,14H2,1-5H3,(H,22,24). The summed E-state index contributed by atoms with van der Waals surface area (Å²) < 4.78 is 5.62. The van der Waals surface area contributed by atoms with Crippen molar-refractivity contribution in [3.63, 3.8) is 0 Å². The van der Waals surface area contributed by atoms with Crippen LogP contribution in [0.4, 0.5) is 11.4 Å². The zero-order valence-electron chi connectivity index (χ0n) is 15.8. The third-order valence-corrected chi connectivity index (χ3v) is 4.18. The third kappa shape index (κ3) is 5.24. The van der Waals surface area contributed by atoms with E-state index in [1.807, 2.05) is 45.0 Å². The highest BCUT2D eigenvalue weighted by molar-refractivity contribution is 5.92. The average molecular weight is 340 g/mol. The van der Waals surface area contributed by atoms with Gasteiger partial charge in [-0.3, -0.25) is 4.79 Å². The van der Waals surface area contributed by atoms with E-state index in [2.05, 4.69) is 36.2 Å². The van der Waals surface area contributed by atoms with E-state index in [-0.39, 0.29) is 12.5 Å². The molecule has 0 unspecified atom stereocenters. The Morgan fingerprint density at radius 1 is 1.00 bits per heavy atom. The highest BCUT2D eigenvalue weighted by Crippen LogP contribution is 2.23. The molecule has 0 saturated heterocycles. The van der Waals surface area contributed by atoms with Crippen LogP contribution in [0.2, 0.25) is 0 Å². The summed E-state index contributed by atoms with van der Waals surface area (Å²) in [6, 6.07) is 12.0. The molecular weight excluding hydrogens is 312 g/mol. The van der Waals surface area contributed by atoms with Crippen molar-refractivity contribution >= 4 is 17.3 Å². The van der Waals surface area contributed by atoms with Gasteiger partial charge in [-0.25, -0.2) is 0 Å². The summed E-state index contributed by atoms with van der Waals surface area (Å²) in [7, 11) is 0. The normalized spacial score (nSPS) is 10.4. The Morgan fingerprint density at radius 2 is 1.64 bits per heavy atom. The molecule has 0 bridgehead atoms. The predicted octanol–water partition coefficient (Wildman–Crippen LogP) is 4.48. The van der Waals surface area contributed by atoms with Gasteiger partial charge in [-0.2, -0.15) is 0 Å². The van der Waals surface area contributed by atoms with Crippen LogP contribution in [-0.4, -0.2) is 25.6 Å². The van der Waals surface area contributed by atoms with E-state index in [1.54, 1.807) is 0 Å². The molecule has 4 nitrogen and oxygen atoms in total. The van der Waals surface area contributed by atoms with Crippen molar-refractivity contribution < 1.29 is 9.53 Å². The van der Waals surface area contributed by atoms with Crippen molar-refractivity contribution in [1.29, 1.82) is 0 Å². The van der Waals surface area contributed by atoms with Crippen LogP contribution in [0, 0.1) is 20.8 Å². The molecule has 134 valence electrons. The van der Waals surface area contributed by atoms with Gasteiger partial charge in [0.2, 0.25) is 0 Å². The molecule has 0 spiro atoms. The van der Waals surface area contributed by atoms with Crippen molar-refractivity contribution in [3.8, 4) is 5.75 Å². The Bertz CT molecular complexity index is 716. The number of anilines is 2. The van der Waals surface area contributed by atoms with E-state index in [1.165, 1.54) is 5.69 Å². The average Bonchev–Trinajstić information content (AvgIpc) is 2.55. The number of nitrogens with zero attached hydrogens (tertiary/aromatic N) is 1. The van der Waals surface area contributed by atoms with Crippen molar-refractivity contribution in [1.82, 2.24) is 0 Å². The summed E-state index contributed by atoms with van der Waals surface area (Å²) >= 11 is 0. The number of aryl methyl sites for hydroxylation is 3. The molecule has 4 heteroatoms. The molecule has 0 fully saturated rings. The zero-order chi connectivity index (χ0) is 18.4. The quantitative estimate of drug-likeness (QED) is 0.808. The van der Waals surface area contributed by atoms with Gasteiger partial charge in [-0.1, -0.05) is 6.07 Å². The van der Waals surface area contributed by atoms with Gasteiger partial charge in [-0.15, -0.1) is 0 Å². The van der Waals surface area contributed by atoms with Gasteiger partial charge in [0, 0.05) is 24.5 Å². The summed E-state index contributed by atoms with van der Waals surface area (Å²) in [6.45, 7) is 12.2. The Morgan fingerprint density at radius 3 is 2.20 bits per heavy atom. The van der Waals surface area contributed by atoms with Gasteiger partial charge < -0.3 is 15.0 Å². The Labute approximate surface area is 150 Å². The Kier molecular flexibility index (Phi) is 6.45. The molecule has 0 aromatic heterocycles. The van der Waals surface area contributed by atoms with Gasteiger partial charge in [0.15, 0.2) is 6.61 Å². The van der Waals surface area contributed by atoms with Crippen LogP contribution in [0.25, 0.3) is 0 Å². The van der Waals surface area contributed by atoms with E-state index in [9.17, 15) is 4.79 Å². The van der Waals surface area contributed by atoms with Crippen molar-refractivity contribution in [2.24, 2.45) is 0 Å². The number of carbonyl (C=O) groups excluding carboxylic acids is 1. The maximum Gasteiger partial charge on any atom is 0.262 e. The summed E-state index contributed by atoms with van der Waals surface area (Å²) in [6.07, 6.45) is 0. The fraction of sp³-hybridized carbons (Fsp3) is 0.381. The highest BCUT2D eigenvalue weighted by Gasteiger charge is 2.09. The lowest BCUT2D eigenvalue weighted by Gasteiger charge is -2.22. The van der Waals surface area contributed by atoms with Crippen LogP contribution < -0.4 is 15.0 Å². The molecule has 0 aliphatic carbocycles. The number of nitrogens with one attached hydrogen (secondary N) is 1. The lowest BCUT2D eigenvalue weighted by atomic mass is 10.1.